The smallest absolute Gasteiger partial charge is 0.258 e. The van der Waals surface area contributed by atoms with Gasteiger partial charge < -0.3 is 9.63 Å². The molecule has 4 nitrogen and oxygen atoms in total. The predicted octanol–water partition coefficient (Wildman–Crippen LogP) is 3.48. The van der Waals surface area contributed by atoms with Gasteiger partial charge in [0.15, 0.2) is 5.82 Å². The number of nitrogens with zero attached hydrogens (tertiary/aromatic N) is 2. The summed E-state index contributed by atoms with van der Waals surface area (Å²) in [5.41, 5.74) is 2.34. The van der Waals surface area contributed by atoms with Gasteiger partial charge in [-0.3, -0.25) is 0 Å². The average Bonchev–Trinajstić information content (AvgIpc) is 2.93. The highest BCUT2D eigenvalue weighted by molar-refractivity contribution is 5.57. The maximum atomic E-state index is 12.8. The molecule has 1 heterocycles. The Hall–Kier alpha value is -2.69. The van der Waals surface area contributed by atoms with Crippen LogP contribution in [0.25, 0.3) is 11.5 Å². The molecule has 5 heteroatoms. The fourth-order valence-electron chi connectivity index (χ4n) is 1.97. The van der Waals surface area contributed by atoms with Crippen molar-refractivity contribution in [2.24, 2.45) is 0 Å². The fraction of sp³-hybridized carbons (Fsp3) is 0.125. The number of aromatic nitrogens is 2. The normalized spacial score (nSPS) is 10.8. The molecule has 21 heavy (non-hydrogen) atoms. The molecule has 0 amide bonds. The summed E-state index contributed by atoms with van der Waals surface area (Å²) in [5, 5.41) is 13.6. The maximum Gasteiger partial charge on any atom is 0.258 e. The molecular formula is C16H13FN2O2. The third-order valence-corrected chi connectivity index (χ3v) is 3.20. The van der Waals surface area contributed by atoms with Crippen molar-refractivity contribution in [1.29, 1.82) is 0 Å². The third-order valence-electron chi connectivity index (χ3n) is 3.20. The van der Waals surface area contributed by atoms with Gasteiger partial charge in [0.05, 0.1) is 0 Å². The highest BCUT2D eigenvalue weighted by Gasteiger charge is 2.10. The Morgan fingerprint density at radius 3 is 2.62 bits per heavy atom. The zero-order valence-electron chi connectivity index (χ0n) is 11.4. The number of phenolic OH excluding ortho intramolecular Hbond substituents is 1. The molecule has 1 aromatic heterocycles. The predicted molar refractivity (Wildman–Crippen MR) is 75.3 cm³/mol. The summed E-state index contributed by atoms with van der Waals surface area (Å²) in [5.74, 6) is 0.771. The summed E-state index contributed by atoms with van der Waals surface area (Å²) in [6.07, 6.45) is 0.460. The van der Waals surface area contributed by atoms with Crippen LogP contribution in [0.15, 0.2) is 47.0 Å². The van der Waals surface area contributed by atoms with E-state index in [-0.39, 0.29) is 11.6 Å². The van der Waals surface area contributed by atoms with E-state index in [1.807, 2.05) is 13.0 Å². The fourth-order valence-corrected chi connectivity index (χ4v) is 1.97. The lowest BCUT2D eigenvalue weighted by molar-refractivity contribution is 0.423. The van der Waals surface area contributed by atoms with Crippen LogP contribution in [-0.4, -0.2) is 15.2 Å². The molecule has 0 saturated heterocycles. The molecule has 106 valence electrons. The summed E-state index contributed by atoms with van der Waals surface area (Å²) < 4.78 is 18.0. The molecule has 0 saturated carbocycles. The lowest BCUT2D eigenvalue weighted by Crippen LogP contribution is -1.91. The molecule has 0 aliphatic carbocycles. The number of aromatic hydroxyl groups is 1. The quantitative estimate of drug-likeness (QED) is 0.800. The van der Waals surface area contributed by atoms with E-state index in [0.29, 0.717) is 23.7 Å². The monoisotopic (exact) mass is 284 g/mol. The Labute approximate surface area is 120 Å². The van der Waals surface area contributed by atoms with Crippen molar-refractivity contribution in [3.05, 3.63) is 65.2 Å². The van der Waals surface area contributed by atoms with Crippen LogP contribution >= 0.6 is 0 Å². The Bertz CT molecular complexity index is 766. The lowest BCUT2D eigenvalue weighted by atomic mass is 10.1. The Balaban J connectivity index is 1.82. The topological polar surface area (TPSA) is 59.2 Å². The van der Waals surface area contributed by atoms with Crippen LogP contribution in [0.4, 0.5) is 4.39 Å². The van der Waals surface area contributed by atoms with E-state index in [0.717, 1.165) is 11.1 Å². The first kappa shape index (κ1) is 13.3. The van der Waals surface area contributed by atoms with Crippen LogP contribution in [0.2, 0.25) is 0 Å². The summed E-state index contributed by atoms with van der Waals surface area (Å²) >= 11 is 0. The minimum atomic E-state index is -0.275. The van der Waals surface area contributed by atoms with Gasteiger partial charge in [0.2, 0.25) is 0 Å². The van der Waals surface area contributed by atoms with Crippen LogP contribution in [0.1, 0.15) is 17.0 Å². The van der Waals surface area contributed by atoms with Gasteiger partial charge in [-0.2, -0.15) is 4.98 Å². The number of hydrogen-bond acceptors (Lipinski definition) is 4. The number of rotatable bonds is 3. The Kier molecular flexibility index (Phi) is 3.39. The molecule has 1 N–H and O–H groups in total. The number of benzene rings is 2. The van der Waals surface area contributed by atoms with Crippen molar-refractivity contribution in [1.82, 2.24) is 10.1 Å². The number of aryl methyl sites for hydroxylation is 1. The van der Waals surface area contributed by atoms with Crippen molar-refractivity contribution in [3.8, 4) is 17.2 Å². The lowest BCUT2D eigenvalue weighted by Gasteiger charge is -1.99. The van der Waals surface area contributed by atoms with Gasteiger partial charge in [0, 0.05) is 12.0 Å². The second-order valence-corrected chi connectivity index (χ2v) is 4.82. The molecule has 0 atom stereocenters. The second-order valence-electron chi connectivity index (χ2n) is 4.82. The molecule has 0 fully saturated rings. The Morgan fingerprint density at radius 1 is 1.14 bits per heavy atom. The van der Waals surface area contributed by atoms with Gasteiger partial charge in [-0.1, -0.05) is 23.4 Å². The van der Waals surface area contributed by atoms with Crippen LogP contribution < -0.4 is 0 Å². The standard InChI is InChI=1S/C16H13FN2O2/c1-10-2-5-12(9-14(10)20)16-18-15(19-21-16)8-11-3-6-13(17)7-4-11/h2-7,9,20H,8H2,1H3. The molecule has 0 bridgehead atoms. The summed E-state index contributed by atoms with van der Waals surface area (Å²) in [4.78, 5) is 4.29. The van der Waals surface area contributed by atoms with Crippen molar-refractivity contribution in [3.63, 3.8) is 0 Å². The highest BCUT2D eigenvalue weighted by atomic mass is 19.1. The molecule has 2 aromatic carbocycles. The largest absolute Gasteiger partial charge is 0.508 e. The first-order chi connectivity index (χ1) is 10.1. The van der Waals surface area contributed by atoms with Gasteiger partial charge in [-0.05, 0) is 42.3 Å². The highest BCUT2D eigenvalue weighted by Crippen LogP contribution is 2.25. The summed E-state index contributed by atoms with van der Waals surface area (Å²) in [6, 6.07) is 11.3. The van der Waals surface area contributed by atoms with Gasteiger partial charge in [-0.25, -0.2) is 4.39 Å². The molecule has 0 aliphatic heterocycles. The average molecular weight is 284 g/mol. The first-order valence-electron chi connectivity index (χ1n) is 6.49. The van der Waals surface area contributed by atoms with Crippen molar-refractivity contribution in [2.75, 3.05) is 0 Å². The molecule has 0 aliphatic rings. The van der Waals surface area contributed by atoms with E-state index in [2.05, 4.69) is 10.1 Å². The van der Waals surface area contributed by atoms with Crippen LogP contribution in [-0.2, 0) is 6.42 Å². The van der Waals surface area contributed by atoms with Gasteiger partial charge in [0.25, 0.3) is 5.89 Å². The van der Waals surface area contributed by atoms with E-state index >= 15 is 0 Å². The van der Waals surface area contributed by atoms with Gasteiger partial charge in [-0.15, -0.1) is 0 Å². The van der Waals surface area contributed by atoms with Crippen molar-refractivity contribution < 1.29 is 14.0 Å². The second kappa shape index (κ2) is 5.36. The van der Waals surface area contributed by atoms with E-state index in [1.54, 1.807) is 24.3 Å². The number of phenols is 1. The summed E-state index contributed by atoms with van der Waals surface area (Å²) in [6.45, 7) is 1.81. The minimum absolute atomic E-state index is 0.186. The third kappa shape index (κ3) is 2.91. The van der Waals surface area contributed by atoms with E-state index in [1.165, 1.54) is 12.1 Å². The molecule has 3 rings (SSSR count). The zero-order chi connectivity index (χ0) is 14.8. The zero-order valence-corrected chi connectivity index (χ0v) is 11.4. The van der Waals surface area contributed by atoms with Crippen LogP contribution in [0, 0.1) is 12.7 Å². The van der Waals surface area contributed by atoms with Crippen LogP contribution in [0.3, 0.4) is 0 Å². The minimum Gasteiger partial charge on any atom is -0.508 e. The van der Waals surface area contributed by atoms with Crippen LogP contribution in [0.5, 0.6) is 5.75 Å². The molecular weight excluding hydrogens is 271 g/mol. The number of hydrogen-bond donors (Lipinski definition) is 1. The first-order valence-corrected chi connectivity index (χ1v) is 6.49. The van der Waals surface area contributed by atoms with E-state index in [9.17, 15) is 9.50 Å². The maximum absolute atomic E-state index is 12.8. The van der Waals surface area contributed by atoms with Gasteiger partial charge in [0.1, 0.15) is 11.6 Å². The number of halogens is 1. The molecule has 0 radical (unpaired) electrons. The SMILES string of the molecule is Cc1ccc(-c2nc(Cc3ccc(F)cc3)no2)cc1O. The molecule has 0 spiro atoms. The summed E-state index contributed by atoms with van der Waals surface area (Å²) in [7, 11) is 0. The molecule has 3 aromatic rings. The van der Waals surface area contributed by atoms with Crippen molar-refractivity contribution >= 4 is 0 Å². The molecule has 0 unspecified atom stereocenters. The van der Waals surface area contributed by atoms with E-state index < -0.39 is 0 Å². The van der Waals surface area contributed by atoms with Gasteiger partial charge >= 0.3 is 0 Å². The Morgan fingerprint density at radius 2 is 1.90 bits per heavy atom. The van der Waals surface area contributed by atoms with E-state index in [4.69, 9.17) is 4.52 Å². The van der Waals surface area contributed by atoms with Crippen molar-refractivity contribution in [2.45, 2.75) is 13.3 Å².